The molecule has 0 spiro atoms. The largest absolute Gasteiger partial charge is 0.452 e. The summed E-state index contributed by atoms with van der Waals surface area (Å²) in [6.45, 7) is 1.59. The van der Waals surface area contributed by atoms with Crippen LogP contribution in [-0.4, -0.2) is 18.5 Å². The number of hydrogen-bond acceptors (Lipinski definition) is 3. The Bertz CT molecular complexity index is 978. The fourth-order valence-corrected chi connectivity index (χ4v) is 4.14. The van der Waals surface area contributed by atoms with E-state index in [0.717, 1.165) is 25.3 Å². The number of esters is 1. The van der Waals surface area contributed by atoms with Crippen molar-refractivity contribution in [1.82, 2.24) is 0 Å². The second-order valence-electron chi connectivity index (χ2n) is 5.79. The van der Waals surface area contributed by atoms with E-state index >= 15 is 0 Å². The number of carbonyl (C=O) groups is 2. The molecule has 0 atom stereocenters. The molecular formula is C20H15Br2NO3. The van der Waals surface area contributed by atoms with Gasteiger partial charge in [0.25, 0.3) is 5.91 Å². The number of nitrogens with one attached hydrogen (secondary N) is 1. The number of amides is 1. The summed E-state index contributed by atoms with van der Waals surface area (Å²) < 4.78 is 6.63. The number of fused-ring (bicyclic) bond motifs is 1. The second-order valence-corrected chi connectivity index (χ2v) is 7.50. The van der Waals surface area contributed by atoms with E-state index in [1.54, 1.807) is 12.1 Å². The lowest BCUT2D eigenvalue weighted by atomic mass is 10.1. The van der Waals surface area contributed by atoms with Crippen LogP contribution in [0, 0.1) is 6.92 Å². The van der Waals surface area contributed by atoms with Crippen LogP contribution in [0.5, 0.6) is 0 Å². The number of halogens is 2. The molecule has 1 amide bonds. The monoisotopic (exact) mass is 475 g/mol. The van der Waals surface area contributed by atoms with Gasteiger partial charge < -0.3 is 10.1 Å². The highest BCUT2D eigenvalue weighted by molar-refractivity contribution is 9.11. The zero-order chi connectivity index (χ0) is 18.7. The van der Waals surface area contributed by atoms with Crippen molar-refractivity contribution >= 4 is 60.2 Å². The molecule has 0 fully saturated rings. The molecule has 3 aromatic rings. The first kappa shape index (κ1) is 18.6. The third-order valence-electron chi connectivity index (χ3n) is 3.77. The van der Waals surface area contributed by atoms with E-state index in [1.165, 1.54) is 0 Å². The van der Waals surface area contributed by atoms with Crippen molar-refractivity contribution < 1.29 is 14.3 Å². The summed E-state index contributed by atoms with van der Waals surface area (Å²) in [4.78, 5) is 24.3. The van der Waals surface area contributed by atoms with Gasteiger partial charge in [-0.15, -0.1) is 0 Å². The Kier molecular flexibility index (Phi) is 5.74. The van der Waals surface area contributed by atoms with Gasteiger partial charge in [0.2, 0.25) is 0 Å². The molecule has 0 aromatic heterocycles. The summed E-state index contributed by atoms with van der Waals surface area (Å²) >= 11 is 6.83. The van der Waals surface area contributed by atoms with Gasteiger partial charge in [-0.3, -0.25) is 4.79 Å². The fourth-order valence-electron chi connectivity index (χ4n) is 2.53. The Morgan fingerprint density at radius 2 is 1.62 bits per heavy atom. The molecule has 26 heavy (non-hydrogen) atoms. The lowest BCUT2D eigenvalue weighted by Crippen LogP contribution is -2.21. The molecule has 1 N–H and O–H groups in total. The molecule has 3 aromatic carbocycles. The SMILES string of the molecule is Cc1cc(Br)c(NC(=O)COC(=O)c2ccc3ccccc3c2)c(Br)c1. The minimum atomic E-state index is -0.534. The highest BCUT2D eigenvalue weighted by atomic mass is 79.9. The lowest BCUT2D eigenvalue weighted by Gasteiger charge is -2.11. The summed E-state index contributed by atoms with van der Waals surface area (Å²) in [5.41, 5.74) is 2.06. The molecular weight excluding hydrogens is 462 g/mol. The zero-order valence-corrected chi connectivity index (χ0v) is 17.1. The Morgan fingerprint density at radius 3 is 2.31 bits per heavy atom. The predicted octanol–water partition coefficient (Wildman–Crippen LogP) is 5.47. The molecule has 0 aliphatic heterocycles. The lowest BCUT2D eigenvalue weighted by molar-refractivity contribution is -0.119. The van der Waals surface area contributed by atoms with Crippen LogP contribution in [0.25, 0.3) is 10.8 Å². The van der Waals surface area contributed by atoms with E-state index in [2.05, 4.69) is 37.2 Å². The predicted molar refractivity (Wildman–Crippen MR) is 109 cm³/mol. The van der Waals surface area contributed by atoms with Crippen molar-refractivity contribution in [2.24, 2.45) is 0 Å². The zero-order valence-electron chi connectivity index (χ0n) is 13.9. The first-order chi connectivity index (χ1) is 12.4. The van der Waals surface area contributed by atoms with Gasteiger partial charge in [-0.1, -0.05) is 30.3 Å². The molecule has 0 aliphatic carbocycles. The highest BCUT2D eigenvalue weighted by Crippen LogP contribution is 2.32. The van der Waals surface area contributed by atoms with Crippen LogP contribution < -0.4 is 5.32 Å². The number of ether oxygens (including phenoxy) is 1. The van der Waals surface area contributed by atoms with Gasteiger partial charge in [-0.05, 0) is 79.4 Å². The van der Waals surface area contributed by atoms with Gasteiger partial charge in [0.05, 0.1) is 11.3 Å². The Hall–Kier alpha value is -2.18. The third-order valence-corrected chi connectivity index (χ3v) is 5.02. The Balaban J connectivity index is 1.64. The van der Waals surface area contributed by atoms with Crippen LogP contribution in [0.2, 0.25) is 0 Å². The minimum absolute atomic E-state index is 0.363. The summed E-state index contributed by atoms with van der Waals surface area (Å²) in [7, 11) is 0. The number of rotatable bonds is 4. The average Bonchev–Trinajstić information content (AvgIpc) is 2.62. The molecule has 4 nitrogen and oxygen atoms in total. The van der Waals surface area contributed by atoms with Gasteiger partial charge in [0, 0.05) is 8.95 Å². The number of hydrogen-bond donors (Lipinski definition) is 1. The van der Waals surface area contributed by atoms with Crippen LogP contribution in [0.4, 0.5) is 5.69 Å². The van der Waals surface area contributed by atoms with Crippen molar-refractivity contribution in [2.45, 2.75) is 6.92 Å². The Morgan fingerprint density at radius 1 is 0.962 bits per heavy atom. The van der Waals surface area contributed by atoms with Gasteiger partial charge in [0.15, 0.2) is 6.61 Å². The number of aryl methyl sites for hydroxylation is 1. The highest BCUT2D eigenvalue weighted by Gasteiger charge is 2.14. The summed E-state index contributed by atoms with van der Waals surface area (Å²) in [6, 6.07) is 16.8. The van der Waals surface area contributed by atoms with Crippen LogP contribution in [-0.2, 0) is 9.53 Å². The molecule has 6 heteroatoms. The van der Waals surface area contributed by atoms with Gasteiger partial charge in [0.1, 0.15) is 0 Å². The van der Waals surface area contributed by atoms with Gasteiger partial charge in [-0.25, -0.2) is 4.79 Å². The standard InChI is InChI=1S/C20H15Br2NO3/c1-12-8-16(21)19(17(22)9-12)23-18(24)11-26-20(25)15-7-6-13-4-2-3-5-14(13)10-15/h2-10H,11H2,1H3,(H,23,24). The topological polar surface area (TPSA) is 55.4 Å². The molecule has 0 saturated heterocycles. The third kappa shape index (κ3) is 4.31. The maximum Gasteiger partial charge on any atom is 0.338 e. The molecule has 132 valence electrons. The maximum atomic E-state index is 12.2. The van der Waals surface area contributed by atoms with Gasteiger partial charge >= 0.3 is 5.97 Å². The normalized spacial score (nSPS) is 10.6. The first-order valence-electron chi connectivity index (χ1n) is 7.85. The van der Waals surface area contributed by atoms with Crippen molar-refractivity contribution in [1.29, 1.82) is 0 Å². The molecule has 0 bridgehead atoms. The van der Waals surface area contributed by atoms with Crippen LogP contribution in [0.3, 0.4) is 0 Å². The molecule has 0 aliphatic rings. The summed E-state index contributed by atoms with van der Waals surface area (Å²) in [5, 5.41) is 4.71. The number of anilines is 1. The maximum absolute atomic E-state index is 12.2. The molecule has 0 unspecified atom stereocenters. The number of benzene rings is 3. The van der Waals surface area contributed by atoms with Crippen LogP contribution in [0.1, 0.15) is 15.9 Å². The summed E-state index contributed by atoms with van der Waals surface area (Å²) in [6.07, 6.45) is 0. The van der Waals surface area contributed by atoms with E-state index in [-0.39, 0.29) is 6.61 Å². The van der Waals surface area contributed by atoms with E-state index in [9.17, 15) is 9.59 Å². The molecule has 0 radical (unpaired) electrons. The minimum Gasteiger partial charge on any atom is -0.452 e. The number of carbonyl (C=O) groups excluding carboxylic acids is 2. The molecule has 0 heterocycles. The van der Waals surface area contributed by atoms with Gasteiger partial charge in [-0.2, -0.15) is 0 Å². The van der Waals surface area contributed by atoms with Crippen LogP contribution in [0.15, 0.2) is 63.5 Å². The first-order valence-corrected chi connectivity index (χ1v) is 9.44. The molecule has 3 rings (SSSR count). The second kappa shape index (κ2) is 8.01. The fraction of sp³-hybridized carbons (Fsp3) is 0.100. The van der Waals surface area contributed by atoms with Crippen molar-refractivity contribution in [3.8, 4) is 0 Å². The van der Waals surface area contributed by atoms with Crippen molar-refractivity contribution in [3.05, 3.63) is 74.7 Å². The van der Waals surface area contributed by atoms with E-state index in [1.807, 2.05) is 49.4 Å². The van der Waals surface area contributed by atoms with E-state index in [4.69, 9.17) is 4.74 Å². The Labute approximate surface area is 167 Å². The van der Waals surface area contributed by atoms with Crippen molar-refractivity contribution in [3.63, 3.8) is 0 Å². The van der Waals surface area contributed by atoms with Crippen molar-refractivity contribution in [2.75, 3.05) is 11.9 Å². The van der Waals surface area contributed by atoms with Crippen LogP contribution >= 0.6 is 31.9 Å². The average molecular weight is 477 g/mol. The summed E-state index contributed by atoms with van der Waals surface area (Å²) in [5.74, 6) is -0.947. The smallest absolute Gasteiger partial charge is 0.338 e. The van der Waals surface area contributed by atoms with E-state index in [0.29, 0.717) is 11.3 Å². The molecule has 0 saturated carbocycles. The van der Waals surface area contributed by atoms with E-state index < -0.39 is 11.9 Å². The quantitative estimate of drug-likeness (QED) is 0.508.